The maximum atomic E-state index is 13.6. The van der Waals surface area contributed by atoms with Crippen molar-refractivity contribution in [2.45, 2.75) is 52.6 Å². The Morgan fingerprint density at radius 3 is 1.80 bits per heavy atom. The third-order valence-corrected chi connectivity index (χ3v) is 5.50. The van der Waals surface area contributed by atoms with E-state index in [1.807, 2.05) is 0 Å². The van der Waals surface area contributed by atoms with E-state index >= 15 is 0 Å². The Morgan fingerprint density at radius 1 is 0.760 bits per heavy atom. The molecule has 0 amide bonds. The van der Waals surface area contributed by atoms with Crippen molar-refractivity contribution in [2.75, 3.05) is 12.8 Å². The second-order valence-corrected chi connectivity index (χ2v) is 7.87. The molecule has 0 saturated carbocycles. The first-order valence-corrected chi connectivity index (χ1v) is 9.88. The predicted octanol–water partition coefficient (Wildman–Crippen LogP) is 6.10. The summed E-state index contributed by atoms with van der Waals surface area (Å²) in [6.45, 7) is 2.64. The van der Waals surface area contributed by atoms with Gasteiger partial charge in [0.15, 0.2) is 23.3 Å². The van der Waals surface area contributed by atoms with Crippen LogP contribution in [-0.2, 0) is 20.2 Å². The quantitative estimate of drug-likeness (QED) is 0.151. The zero-order chi connectivity index (χ0) is 19.0. The van der Waals surface area contributed by atoms with Gasteiger partial charge in [-0.2, -0.15) is 0 Å². The monoisotopic (exact) mass is 388 g/mol. The van der Waals surface area contributed by atoms with Gasteiger partial charge in [0.2, 0.25) is 5.82 Å². The second-order valence-electron chi connectivity index (χ2n) is 5.50. The van der Waals surface area contributed by atoms with Crippen molar-refractivity contribution in [3.05, 3.63) is 34.6 Å². The number of benzene rings is 1. The number of halogens is 5. The lowest BCUT2D eigenvalue weighted by atomic mass is 10.2. The van der Waals surface area contributed by atoms with E-state index in [1.54, 1.807) is 0 Å². The summed E-state index contributed by atoms with van der Waals surface area (Å²) < 4.78 is 88.8. The molecule has 144 valence electrons. The van der Waals surface area contributed by atoms with Crippen LogP contribution in [0.4, 0.5) is 22.0 Å². The van der Waals surface area contributed by atoms with Crippen LogP contribution in [0, 0.1) is 29.1 Å². The van der Waals surface area contributed by atoms with E-state index < -0.39 is 48.9 Å². The summed E-state index contributed by atoms with van der Waals surface area (Å²) in [5.74, 6) is -10.4. The second kappa shape index (κ2) is 10.2. The number of hydrogen-bond donors (Lipinski definition) is 0. The highest BCUT2D eigenvalue weighted by molar-refractivity contribution is 7.53. The van der Waals surface area contributed by atoms with Crippen molar-refractivity contribution in [3.8, 4) is 0 Å². The lowest BCUT2D eigenvalue weighted by molar-refractivity contribution is 0.189. The molecule has 0 aromatic heterocycles. The van der Waals surface area contributed by atoms with E-state index in [0.29, 0.717) is 6.42 Å². The summed E-state index contributed by atoms with van der Waals surface area (Å²) in [6, 6.07) is 0. The van der Waals surface area contributed by atoms with Crippen LogP contribution < -0.4 is 0 Å². The summed E-state index contributed by atoms with van der Waals surface area (Å²) in [6.07, 6.45) is 4.56. The molecule has 0 aliphatic heterocycles. The van der Waals surface area contributed by atoms with Crippen LogP contribution >= 0.6 is 7.60 Å². The molecule has 0 N–H and O–H groups in total. The van der Waals surface area contributed by atoms with Crippen LogP contribution in [0.2, 0.25) is 0 Å². The summed E-state index contributed by atoms with van der Waals surface area (Å²) in [7, 11) is -3.68. The van der Waals surface area contributed by atoms with E-state index in [4.69, 9.17) is 9.05 Å². The summed E-state index contributed by atoms with van der Waals surface area (Å²) in [5, 5.41) is 0. The molecule has 0 radical (unpaired) electrons. The highest BCUT2D eigenvalue weighted by atomic mass is 31.2. The normalized spacial score (nSPS) is 13.9. The van der Waals surface area contributed by atoms with Crippen molar-refractivity contribution in [3.63, 3.8) is 0 Å². The topological polar surface area (TPSA) is 35.5 Å². The van der Waals surface area contributed by atoms with Crippen LogP contribution in [0.15, 0.2) is 0 Å². The van der Waals surface area contributed by atoms with Gasteiger partial charge in [-0.25, -0.2) is 22.0 Å². The van der Waals surface area contributed by atoms with Crippen molar-refractivity contribution >= 4 is 7.60 Å². The molecule has 1 aromatic carbocycles. The molecule has 1 aromatic rings. The SMILES string of the molecule is CCCCCCCOP(=O)(CC)OCc1c(F)c(F)c(F)c(F)c1F. The summed E-state index contributed by atoms with van der Waals surface area (Å²) in [5.41, 5.74) is -1.17. The van der Waals surface area contributed by atoms with Gasteiger partial charge in [0.1, 0.15) is 0 Å². The predicted molar refractivity (Wildman–Crippen MR) is 83.9 cm³/mol. The number of hydrogen-bond acceptors (Lipinski definition) is 3. The third kappa shape index (κ3) is 6.04. The largest absolute Gasteiger partial charge is 0.330 e. The fraction of sp³-hybridized carbons (Fsp3) is 0.625. The number of unbranched alkanes of at least 4 members (excludes halogenated alkanes) is 4. The van der Waals surface area contributed by atoms with E-state index in [0.717, 1.165) is 25.7 Å². The molecule has 0 heterocycles. The Bertz CT molecular complexity index is 595. The molecule has 25 heavy (non-hydrogen) atoms. The molecule has 0 aliphatic rings. The van der Waals surface area contributed by atoms with Crippen molar-refractivity contribution in [1.29, 1.82) is 0 Å². The maximum Gasteiger partial charge on any atom is 0.330 e. The minimum atomic E-state index is -3.68. The zero-order valence-corrected chi connectivity index (χ0v) is 15.1. The Morgan fingerprint density at radius 2 is 1.28 bits per heavy atom. The van der Waals surface area contributed by atoms with Gasteiger partial charge in [0.25, 0.3) is 0 Å². The highest BCUT2D eigenvalue weighted by Crippen LogP contribution is 2.49. The van der Waals surface area contributed by atoms with Gasteiger partial charge in [0.05, 0.1) is 18.8 Å². The van der Waals surface area contributed by atoms with E-state index in [2.05, 4.69) is 6.92 Å². The Balaban J connectivity index is 2.69. The van der Waals surface area contributed by atoms with E-state index in [9.17, 15) is 26.5 Å². The summed E-state index contributed by atoms with van der Waals surface area (Å²) >= 11 is 0. The van der Waals surface area contributed by atoms with E-state index in [-0.39, 0.29) is 12.8 Å². The van der Waals surface area contributed by atoms with Crippen molar-refractivity contribution in [1.82, 2.24) is 0 Å². The smallest absolute Gasteiger partial charge is 0.309 e. The molecule has 0 fully saturated rings. The Hall–Kier alpha value is -0.980. The molecule has 3 nitrogen and oxygen atoms in total. The molecule has 0 aliphatic carbocycles. The molecular weight excluding hydrogens is 366 g/mol. The van der Waals surface area contributed by atoms with Crippen LogP contribution in [0.1, 0.15) is 51.5 Å². The van der Waals surface area contributed by atoms with Gasteiger partial charge in [0, 0.05) is 6.16 Å². The van der Waals surface area contributed by atoms with Gasteiger partial charge in [-0.05, 0) is 6.42 Å². The molecule has 1 atom stereocenters. The Labute approximate surface area is 144 Å². The first-order valence-electron chi connectivity index (χ1n) is 8.15. The van der Waals surface area contributed by atoms with Crippen molar-refractivity contribution < 1.29 is 35.6 Å². The van der Waals surface area contributed by atoms with Gasteiger partial charge < -0.3 is 9.05 Å². The van der Waals surface area contributed by atoms with Crippen LogP contribution in [-0.4, -0.2) is 12.8 Å². The average Bonchev–Trinajstić information content (AvgIpc) is 2.61. The molecule has 0 saturated heterocycles. The molecule has 9 heteroatoms. The lowest BCUT2D eigenvalue weighted by Crippen LogP contribution is -2.09. The summed E-state index contributed by atoms with van der Waals surface area (Å²) in [4.78, 5) is 0. The minimum Gasteiger partial charge on any atom is -0.309 e. The Kier molecular flexibility index (Phi) is 9.03. The van der Waals surface area contributed by atoms with Crippen molar-refractivity contribution in [2.24, 2.45) is 0 Å². The van der Waals surface area contributed by atoms with Gasteiger partial charge in [-0.3, -0.25) is 4.57 Å². The molecule has 0 bridgehead atoms. The van der Waals surface area contributed by atoms with Crippen LogP contribution in [0.25, 0.3) is 0 Å². The van der Waals surface area contributed by atoms with Gasteiger partial charge >= 0.3 is 7.60 Å². The minimum absolute atomic E-state index is 0.0860. The highest BCUT2D eigenvalue weighted by Gasteiger charge is 2.29. The van der Waals surface area contributed by atoms with Gasteiger partial charge in [-0.15, -0.1) is 0 Å². The van der Waals surface area contributed by atoms with E-state index in [1.165, 1.54) is 6.92 Å². The fourth-order valence-electron chi connectivity index (χ4n) is 2.07. The standard InChI is InChI=1S/C16H22F5O3P/c1-3-5-6-7-8-9-23-25(22,4-2)24-10-11-12(17)14(19)16(21)15(20)13(11)18/h3-10H2,1-2H3. The molecule has 0 spiro atoms. The lowest BCUT2D eigenvalue weighted by Gasteiger charge is -2.18. The maximum absolute atomic E-state index is 13.6. The molecule has 1 rings (SSSR count). The van der Waals surface area contributed by atoms with Gasteiger partial charge in [-0.1, -0.05) is 39.5 Å². The molecule has 1 unspecified atom stereocenters. The molecular formula is C16H22F5O3P. The van der Waals surface area contributed by atoms with Crippen LogP contribution in [0.5, 0.6) is 0 Å². The zero-order valence-electron chi connectivity index (χ0n) is 14.2. The van der Waals surface area contributed by atoms with Crippen LogP contribution in [0.3, 0.4) is 0 Å². The fourth-order valence-corrected chi connectivity index (χ4v) is 3.24. The number of rotatable bonds is 11. The average molecular weight is 388 g/mol. The first kappa shape index (κ1) is 22.1. The third-order valence-electron chi connectivity index (χ3n) is 3.63. The first-order chi connectivity index (χ1) is 11.8.